The summed E-state index contributed by atoms with van der Waals surface area (Å²) in [5.74, 6) is 0. The first-order chi connectivity index (χ1) is 12.6. The van der Waals surface area contributed by atoms with Crippen LogP contribution in [-0.4, -0.2) is 59.3 Å². The normalized spacial score (nSPS) is 19.1. The molecule has 10 nitrogen and oxygen atoms in total. The first-order valence-electron chi connectivity index (χ1n) is 8.75. The smallest absolute Gasteiger partial charge is 0.753 e. The van der Waals surface area contributed by atoms with Crippen LogP contribution in [0.3, 0.4) is 0 Å². The number of nitrogens with zero attached hydrogens (tertiary/aromatic N) is 3. The van der Waals surface area contributed by atoms with Crippen molar-refractivity contribution in [2.75, 3.05) is 26.2 Å². The average molecular weight is 515 g/mol. The molecule has 0 fully saturated rings. The van der Waals surface area contributed by atoms with Crippen LogP contribution in [0.2, 0.25) is 0 Å². The molecule has 0 unspecified atom stereocenters. The molecule has 1 rings (SSSR count). The third kappa shape index (κ3) is 29.8. The summed E-state index contributed by atoms with van der Waals surface area (Å²) in [7, 11) is -4.94. The van der Waals surface area contributed by atoms with E-state index in [1.54, 1.807) is 0 Å². The Kier molecular flexibility index (Phi) is 22.5. The van der Waals surface area contributed by atoms with Gasteiger partial charge in [-0.15, -0.1) is 10.2 Å². The summed E-state index contributed by atoms with van der Waals surface area (Å²) in [4.78, 5) is 9.35. The van der Waals surface area contributed by atoms with Gasteiger partial charge in [0.15, 0.2) is 0 Å². The molecule has 0 spiro atoms. The van der Waals surface area contributed by atoms with Crippen LogP contribution in [0.5, 0.6) is 0 Å². The number of hydrogen-bond acceptors (Lipinski definition) is 9. The van der Waals surface area contributed by atoms with E-state index in [0.717, 1.165) is 39.0 Å². The van der Waals surface area contributed by atoms with E-state index >= 15 is 0 Å². The van der Waals surface area contributed by atoms with Crippen LogP contribution in [0.1, 0.15) is 54.4 Å². The molecule has 0 aliphatic carbocycles. The molecule has 0 amide bonds. The van der Waals surface area contributed by atoms with E-state index in [1.165, 1.54) is 16.6 Å². The Bertz CT molecular complexity index is 509. The number of isothiocyanates is 1. The van der Waals surface area contributed by atoms with Crippen molar-refractivity contribution in [3.8, 4) is 0 Å². The molecule has 0 bridgehead atoms. The van der Waals surface area contributed by atoms with Crippen LogP contribution in [0, 0.1) is 10.2 Å². The largest absolute Gasteiger partial charge is 2.00 e. The number of rotatable bonds is 0. The predicted octanol–water partition coefficient (Wildman–Crippen LogP) is -2.49. The summed E-state index contributed by atoms with van der Waals surface area (Å²) in [6.07, 6.45) is 1.97. The van der Waals surface area contributed by atoms with E-state index in [2.05, 4.69) is 74.4 Å². The van der Waals surface area contributed by atoms with Gasteiger partial charge in [0.05, 0.1) is 13.1 Å². The molecule has 4 N–H and O–H groups in total. The SMILES string of the molecule is CC1=NCCNC(C)(C)CC(C)=NCCNC(C)(C)C1.O.[N-]=C=S.[Ni+2].[O-][Cl+3]([O-])([O-])[O-]. The van der Waals surface area contributed by atoms with Crippen LogP contribution in [0.4, 0.5) is 0 Å². The summed E-state index contributed by atoms with van der Waals surface area (Å²) in [6, 6.07) is 0. The van der Waals surface area contributed by atoms with E-state index in [-0.39, 0.29) is 33.0 Å². The molecule has 13 heteroatoms. The molecule has 1 aliphatic rings. The van der Waals surface area contributed by atoms with Gasteiger partial charge >= 0.3 is 16.5 Å². The molecule has 0 atom stereocenters. The second kappa shape index (κ2) is 18.2. The molecule has 0 radical (unpaired) electrons. The van der Waals surface area contributed by atoms with Crippen LogP contribution < -0.4 is 29.3 Å². The molecular weight excluding hydrogens is 480 g/mol. The van der Waals surface area contributed by atoms with Gasteiger partial charge in [0, 0.05) is 48.4 Å². The van der Waals surface area contributed by atoms with Gasteiger partial charge in [-0.1, -0.05) is 12.2 Å². The molecule has 0 aromatic carbocycles. The second-order valence-electron chi connectivity index (χ2n) is 7.68. The first-order valence-corrected chi connectivity index (χ1v) is 10.4. The Labute approximate surface area is 197 Å². The van der Waals surface area contributed by atoms with Gasteiger partial charge < -0.3 is 21.5 Å². The predicted molar refractivity (Wildman–Crippen MR) is 109 cm³/mol. The molecular formula is C17H34ClN5NiO5S. The minimum atomic E-state index is -4.94. The molecule has 1 aliphatic heterocycles. The zero-order valence-corrected chi connectivity index (χ0v) is 20.9. The van der Waals surface area contributed by atoms with Gasteiger partial charge in [-0.2, -0.15) is 5.16 Å². The van der Waals surface area contributed by atoms with Gasteiger partial charge in [0.25, 0.3) is 0 Å². The van der Waals surface area contributed by atoms with Crippen molar-refractivity contribution in [1.29, 1.82) is 0 Å². The fourth-order valence-electron chi connectivity index (χ4n) is 2.80. The van der Waals surface area contributed by atoms with E-state index in [0.29, 0.717) is 0 Å². The monoisotopic (exact) mass is 513 g/mol. The third-order valence-electron chi connectivity index (χ3n) is 3.59. The summed E-state index contributed by atoms with van der Waals surface area (Å²) in [6.45, 7) is 16.7. The van der Waals surface area contributed by atoms with Crippen molar-refractivity contribution in [2.24, 2.45) is 9.98 Å². The molecule has 0 aromatic heterocycles. The van der Waals surface area contributed by atoms with Gasteiger partial charge in [0.1, 0.15) is 0 Å². The number of hydrogen-bond donors (Lipinski definition) is 2. The Morgan fingerprint density at radius 3 is 1.37 bits per heavy atom. The number of aliphatic imine (C=N–C) groups is 2. The van der Waals surface area contributed by atoms with E-state index in [1.807, 2.05) is 0 Å². The zero-order valence-electron chi connectivity index (χ0n) is 18.3. The fraction of sp³-hybridized carbons (Fsp3) is 0.824. The number of thiocarbonyl (C=S) groups is 1. The van der Waals surface area contributed by atoms with Crippen molar-refractivity contribution < 1.29 is 50.8 Å². The first kappa shape index (κ1) is 37.0. The van der Waals surface area contributed by atoms with Crippen molar-refractivity contribution in [3.05, 3.63) is 5.41 Å². The molecule has 0 saturated carbocycles. The standard InChI is InChI=1S/C16H32N4.CNS.ClHO4.Ni.H2O/c1-13-11-15(3,4)19-10-8-18-14(2)12-16(5,6)20-9-7-17-13;2-1-3;2-1(3,4)5;;/h19-20H,7-12H2,1-6H3;;(H,2,3,4,5);;1H2/q;-1;;+2;/p-1. The number of halogens is 1. The Morgan fingerprint density at radius 1 is 0.900 bits per heavy atom. The fourth-order valence-corrected chi connectivity index (χ4v) is 2.80. The Balaban J connectivity index is -0.000000290. The van der Waals surface area contributed by atoms with Crippen LogP contribution in [0.15, 0.2) is 9.98 Å². The van der Waals surface area contributed by atoms with Gasteiger partial charge in [0.2, 0.25) is 0 Å². The minimum Gasteiger partial charge on any atom is -0.753 e. The van der Waals surface area contributed by atoms with E-state index in [4.69, 9.17) is 24.0 Å². The topological polar surface area (TPSA) is 195 Å². The Morgan fingerprint density at radius 2 is 1.13 bits per heavy atom. The number of nitrogens with one attached hydrogen (secondary N) is 2. The van der Waals surface area contributed by atoms with E-state index in [9.17, 15) is 0 Å². The van der Waals surface area contributed by atoms with Crippen LogP contribution in [-0.2, 0) is 16.5 Å². The maximum absolute atomic E-state index is 8.49. The molecule has 1 heterocycles. The van der Waals surface area contributed by atoms with Crippen molar-refractivity contribution in [2.45, 2.75) is 65.5 Å². The van der Waals surface area contributed by atoms with Crippen LogP contribution >= 0.6 is 12.2 Å². The summed E-state index contributed by atoms with van der Waals surface area (Å²) in [5, 5.41) is 15.6. The Hall–Kier alpha value is -0.356. The molecule has 0 aromatic rings. The molecule has 0 saturated heterocycles. The van der Waals surface area contributed by atoms with Crippen molar-refractivity contribution in [3.63, 3.8) is 0 Å². The maximum atomic E-state index is 8.49. The summed E-state index contributed by atoms with van der Waals surface area (Å²) < 4.78 is 34.0. The van der Waals surface area contributed by atoms with Crippen LogP contribution in [0.25, 0.3) is 5.41 Å². The van der Waals surface area contributed by atoms with Crippen molar-refractivity contribution >= 4 is 28.8 Å². The van der Waals surface area contributed by atoms with Gasteiger partial charge in [-0.3, -0.25) is 9.98 Å². The molecule has 30 heavy (non-hydrogen) atoms. The maximum Gasteiger partial charge on any atom is 2.00 e. The summed E-state index contributed by atoms with van der Waals surface area (Å²) in [5.41, 5.74) is 2.62. The second-order valence-corrected chi connectivity index (χ2v) is 8.62. The quantitative estimate of drug-likeness (QED) is 0.203. The summed E-state index contributed by atoms with van der Waals surface area (Å²) >= 11 is 3.70. The molecule has 180 valence electrons. The zero-order chi connectivity index (χ0) is 22.4. The third-order valence-corrected chi connectivity index (χ3v) is 3.59. The van der Waals surface area contributed by atoms with Gasteiger partial charge in [-0.05, 0) is 41.5 Å². The minimum absolute atomic E-state index is 0. The van der Waals surface area contributed by atoms with Crippen molar-refractivity contribution in [1.82, 2.24) is 10.6 Å². The van der Waals surface area contributed by atoms with Gasteiger partial charge in [-0.25, -0.2) is 18.6 Å². The average Bonchev–Trinajstić information content (AvgIpc) is 2.46. The van der Waals surface area contributed by atoms with E-state index < -0.39 is 10.2 Å².